The Balaban J connectivity index is 1.69. The van der Waals surface area contributed by atoms with Crippen LogP contribution in [0.25, 0.3) is 0 Å². The molecule has 0 spiro atoms. The van der Waals surface area contributed by atoms with E-state index in [1.807, 2.05) is 0 Å². The molecule has 2 heterocycles. The molecule has 0 aromatic carbocycles. The van der Waals surface area contributed by atoms with Crippen molar-refractivity contribution in [3.05, 3.63) is 0 Å². The van der Waals surface area contributed by atoms with Gasteiger partial charge in [-0.1, -0.05) is 13.3 Å². The first-order valence-corrected chi connectivity index (χ1v) is 6.92. The van der Waals surface area contributed by atoms with Gasteiger partial charge in [-0.3, -0.25) is 0 Å². The van der Waals surface area contributed by atoms with Crippen molar-refractivity contribution in [3.63, 3.8) is 0 Å². The van der Waals surface area contributed by atoms with Gasteiger partial charge in [0.1, 0.15) is 0 Å². The van der Waals surface area contributed by atoms with Gasteiger partial charge in [0.05, 0.1) is 6.10 Å². The van der Waals surface area contributed by atoms with Gasteiger partial charge in [0.15, 0.2) is 0 Å². The van der Waals surface area contributed by atoms with Crippen LogP contribution in [-0.2, 0) is 4.74 Å². The summed E-state index contributed by atoms with van der Waals surface area (Å²) in [6.45, 7) is 6.59. The van der Waals surface area contributed by atoms with Crippen LogP contribution in [0.4, 0.5) is 0 Å². The van der Waals surface area contributed by atoms with Crippen molar-refractivity contribution in [1.29, 1.82) is 0 Å². The van der Waals surface area contributed by atoms with Gasteiger partial charge < -0.3 is 15.4 Å². The second kappa shape index (κ2) is 5.99. The normalized spacial score (nSPS) is 34.7. The van der Waals surface area contributed by atoms with Gasteiger partial charge in [-0.05, 0) is 38.6 Å². The van der Waals surface area contributed by atoms with Crippen molar-refractivity contribution in [1.82, 2.24) is 10.6 Å². The summed E-state index contributed by atoms with van der Waals surface area (Å²) in [4.78, 5) is 0. The average molecular weight is 226 g/mol. The molecular formula is C13H26N2O. The maximum Gasteiger partial charge on any atom is 0.0700 e. The minimum atomic E-state index is 0.382. The molecule has 3 heteroatoms. The van der Waals surface area contributed by atoms with Crippen molar-refractivity contribution < 1.29 is 4.74 Å². The molecule has 0 radical (unpaired) electrons. The monoisotopic (exact) mass is 226 g/mol. The molecule has 2 aliphatic rings. The zero-order valence-corrected chi connectivity index (χ0v) is 10.6. The van der Waals surface area contributed by atoms with E-state index < -0.39 is 0 Å². The Morgan fingerprint density at radius 1 is 1.44 bits per heavy atom. The van der Waals surface area contributed by atoms with Crippen molar-refractivity contribution in [2.75, 3.05) is 26.2 Å². The van der Waals surface area contributed by atoms with Crippen molar-refractivity contribution in [2.24, 2.45) is 0 Å². The highest BCUT2D eigenvalue weighted by atomic mass is 16.5. The molecule has 2 aliphatic heterocycles. The molecule has 2 unspecified atom stereocenters. The molecule has 2 N–H and O–H groups in total. The first-order valence-electron chi connectivity index (χ1n) is 6.92. The van der Waals surface area contributed by atoms with Crippen LogP contribution in [0, 0.1) is 0 Å². The smallest absolute Gasteiger partial charge is 0.0700 e. The number of rotatable bonds is 6. The van der Waals surface area contributed by atoms with E-state index in [1.54, 1.807) is 0 Å². The van der Waals surface area contributed by atoms with Gasteiger partial charge in [0.25, 0.3) is 0 Å². The number of hydrogen-bond acceptors (Lipinski definition) is 3. The van der Waals surface area contributed by atoms with Crippen LogP contribution in [0.2, 0.25) is 0 Å². The van der Waals surface area contributed by atoms with Gasteiger partial charge in [0.2, 0.25) is 0 Å². The zero-order valence-electron chi connectivity index (χ0n) is 10.6. The maximum absolute atomic E-state index is 5.63. The van der Waals surface area contributed by atoms with Crippen molar-refractivity contribution in [2.45, 2.75) is 57.1 Å². The average Bonchev–Trinajstić information content (AvgIpc) is 2.90. The summed E-state index contributed by atoms with van der Waals surface area (Å²) in [5, 5.41) is 7.30. The second-order valence-electron chi connectivity index (χ2n) is 5.33. The predicted octanol–water partition coefficient (Wildman–Crippen LogP) is 1.68. The van der Waals surface area contributed by atoms with Crippen LogP contribution in [-0.4, -0.2) is 37.9 Å². The minimum absolute atomic E-state index is 0.382. The fourth-order valence-electron chi connectivity index (χ4n) is 3.08. The molecule has 2 atom stereocenters. The predicted molar refractivity (Wildman–Crippen MR) is 66.7 cm³/mol. The van der Waals surface area contributed by atoms with E-state index in [1.165, 1.54) is 45.1 Å². The molecule has 0 aromatic heterocycles. The lowest BCUT2D eigenvalue weighted by Gasteiger charge is -2.30. The fraction of sp³-hybridized carbons (Fsp3) is 1.00. The maximum atomic E-state index is 5.63. The second-order valence-corrected chi connectivity index (χ2v) is 5.33. The number of nitrogens with one attached hydrogen (secondary N) is 2. The molecule has 2 saturated heterocycles. The van der Waals surface area contributed by atoms with Gasteiger partial charge in [-0.25, -0.2) is 0 Å². The highest BCUT2D eigenvalue weighted by Gasteiger charge is 2.32. The lowest BCUT2D eigenvalue weighted by molar-refractivity contribution is 0.108. The number of hydrogen-bond donors (Lipinski definition) is 2. The molecule has 94 valence electrons. The third-order valence-corrected chi connectivity index (χ3v) is 3.92. The first-order chi connectivity index (χ1) is 7.85. The van der Waals surface area contributed by atoms with Crippen LogP contribution < -0.4 is 10.6 Å². The van der Waals surface area contributed by atoms with E-state index in [0.717, 1.165) is 19.7 Å². The summed E-state index contributed by atoms with van der Waals surface area (Å²) in [6, 6.07) is 0. The molecule has 0 saturated carbocycles. The SMILES string of the molecule is CCCC1(CNCC2CCCO2)CCCN1. The topological polar surface area (TPSA) is 33.3 Å². The molecule has 2 fully saturated rings. The molecule has 16 heavy (non-hydrogen) atoms. The van der Waals surface area contributed by atoms with Gasteiger partial charge in [0, 0.05) is 25.2 Å². The van der Waals surface area contributed by atoms with E-state index in [4.69, 9.17) is 4.74 Å². The standard InChI is InChI=1S/C13H26N2O/c1-2-6-13(7-4-8-15-13)11-14-10-12-5-3-9-16-12/h12,14-15H,2-11H2,1H3. The summed E-state index contributed by atoms with van der Waals surface area (Å²) in [7, 11) is 0. The number of ether oxygens (including phenoxy) is 1. The summed E-state index contributed by atoms with van der Waals surface area (Å²) < 4.78 is 5.63. The molecular weight excluding hydrogens is 200 g/mol. The Morgan fingerprint density at radius 3 is 3.00 bits per heavy atom. The Hall–Kier alpha value is -0.120. The molecule has 3 nitrogen and oxygen atoms in total. The molecule has 0 aromatic rings. The van der Waals surface area contributed by atoms with Crippen molar-refractivity contribution >= 4 is 0 Å². The Labute approximate surface area is 99.3 Å². The van der Waals surface area contributed by atoms with Crippen LogP contribution in [0.15, 0.2) is 0 Å². The molecule has 0 aliphatic carbocycles. The first kappa shape index (κ1) is 12.3. The van der Waals surface area contributed by atoms with E-state index in [-0.39, 0.29) is 0 Å². The molecule has 0 bridgehead atoms. The van der Waals surface area contributed by atoms with Crippen LogP contribution in [0.5, 0.6) is 0 Å². The lowest BCUT2D eigenvalue weighted by Crippen LogP contribution is -2.49. The Kier molecular flexibility index (Phi) is 4.62. The largest absolute Gasteiger partial charge is 0.377 e. The van der Waals surface area contributed by atoms with E-state index in [2.05, 4.69) is 17.6 Å². The lowest BCUT2D eigenvalue weighted by atomic mass is 9.92. The van der Waals surface area contributed by atoms with Gasteiger partial charge in [-0.15, -0.1) is 0 Å². The van der Waals surface area contributed by atoms with Crippen molar-refractivity contribution in [3.8, 4) is 0 Å². The van der Waals surface area contributed by atoms with Crippen LogP contribution in [0.3, 0.4) is 0 Å². The van der Waals surface area contributed by atoms with Gasteiger partial charge in [-0.2, -0.15) is 0 Å². The van der Waals surface area contributed by atoms with E-state index in [9.17, 15) is 0 Å². The zero-order chi connectivity index (χ0) is 11.3. The minimum Gasteiger partial charge on any atom is -0.377 e. The summed E-state index contributed by atoms with van der Waals surface area (Å²) in [5.74, 6) is 0. The van der Waals surface area contributed by atoms with E-state index >= 15 is 0 Å². The van der Waals surface area contributed by atoms with Crippen LogP contribution in [0.1, 0.15) is 45.4 Å². The van der Waals surface area contributed by atoms with Gasteiger partial charge >= 0.3 is 0 Å². The summed E-state index contributed by atoms with van der Waals surface area (Å²) in [6.07, 6.45) is 8.19. The highest BCUT2D eigenvalue weighted by molar-refractivity contribution is 4.94. The fourth-order valence-corrected chi connectivity index (χ4v) is 3.08. The third-order valence-electron chi connectivity index (χ3n) is 3.92. The highest BCUT2D eigenvalue weighted by Crippen LogP contribution is 2.24. The molecule has 2 rings (SSSR count). The Bertz CT molecular complexity index is 196. The third kappa shape index (κ3) is 3.19. The van der Waals surface area contributed by atoms with E-state index in [0.29, 0.717) is 11.6 Å². The van der Waals surface area contributed by atoms with Crippen LogP contribution >= 0.6 is 0 Å². The summed E-state index contributed by atoms with van der Waals surface area (Å²) in [5.41, 5.74) is 0.382. The quantitative estimate of drug-likeness (QED) is 0.723. The summed E-state index contributed by atoms with van der Waals surface area (Å²) >= 11 is 0. The Morgan fingerprint density at radius 2 is 2.38 bits per heavy atom. The molecule has 0 amide bonds.